The molecule has 118 valence electrons. The van der Waals surface area contributed by atoms with Crippen LogP contribution in [0.5, 0.6) is 5.75 Å². The summed E-state index contributed by atoms with van der Waals surface area (Å²) in [4.78, 5) is 11.8. The summed E-state index contributed by atoms with van der Waals surface area (Å²) in [6, 6.07) is 11.8. The number of aliphatic imine (C=N–C) groups is 1. The molecular weight excluding hydrogens is 374 g/mol. The van der Waals surface area contributed by atoms with Crippen molar-refractivity contribution >= 4 is 32.9 Å². The quantitative estimate of drug-likeness (QED) is 0.838. The van der Waals surface area contributed by atoms with Gasteiger partial charge in [-0.1, -0.05) is 30.8 Å². The van der Waals surface area contributed by atoms with Crippen molar-refractivity contribution in [2.45, 2.75) is 24.3 Å². The smallest absolute Gasteiger partial charge is 0.160 e. The van der Waals surface area contributed by atoms with Crippen LogP contribution in [0.2, 0.25) is 0 Å². The summed E-state index contributed by atoms with van der Waals surface area (Å²) in [5.74, 6) is 0.256. The highest BCUT2D eigenvalue weighted by molar-refractivity contribution is 9.10. The number of hydrogen-bond donors (Lipinski definition) is 1. The Bertz CT molecular complexity index is 768. The number of phenolic OH excluding ortho intramolecular Hbond substituents is 1. The number of halogens is 1. The van der Waals surface area contributed by atoms with E-state index in [0.29, 0.717) is 9.72 Å². The van der Waals surface area contributed by atoms with Crippen LogP contribution in [0.1, 0.15) is 30.3 Å². The summed E-state index contributed by atoms with van der Waals surface area (Å²) in [5, 5.41) is 11.4. The first-order chi connectivity index (χ1) is 11.1. The Balaban J connectivity index is 1.79. The Kier molecular flexibility index (Phi) is 3.81. The molecule has 0 spiro atoms. The van der Waals surface area contributed by atoms with Gasteiger partial charge in [-0.15, -0.1) is 0 Å². The van der Waals surface area contributed by atoms with Crippen molar-refractivity contribution in [1.29, 1.82) is 0 Å². The molecule has 2 aromatic rings. The minimum atomic E-state index is -0.0114. The first-order valence-corrected chi connectivity index (χ1v) is 9.21. The second-order valence-electron chi connectivity index (χ2n) is 5.85. The summed E-state index contributed by atoms with van der Waals surface area (Å²) < 4.78 is 0.711. The lowest BCUT2D eigenvalue weighted by Crippen LogP contribution is -2.28. The van der Waals surface area contributed by atoms with E-state index in [2.05, 4.69) is 32.7 Å². The van der Waals surface area contributed by atoms with Crippen molar-refractivity contribution < 1.29 is 5.11 Å². The average molecular weight is 390 g/mol. The minimum absolute atomic E-state index is 0.0114. The van der Waals surface area contributed by atoms with Gasteiger partial charge >= 0.3 is 0 Å². The monoisotopic (exact) mass is 389 g/mol. The SMILES string of the molecule is CC1CN2C(=NC(c3ccccn3)C2c2ccc(O)c(Br)c2)S1. The molecule has 6 heteroatoms. The molecule has 3 unspecified atom stereocenters. The van der Waals surface area contributed by atoms with Crippen LogP contribution >= 0.6 is 27.7 Å². The highest BCUT2D eigenvalue weighted by Crippen LogP contribution is 2.48. The van der Waals surface area contributed by atoms with Gasteiger partial charge in [-0.25, -0.2) is 0 Å². The van der Waals surface area contributed by atoms with E-state index in [4.69, 9.17) is 4.99 Å². The Morgan fingerprint density at radius 1 is 1.30 bits per heavy atom. The van der Waals surface area contributed by atoms with Gasteiger partial charge in [0.2, 0.25) is 0 Å². The molecule has 0 aliphatic carbocycles. The van der Waals surface area contributed by atoms with Crippen LogP contribution in [0.3, 0.4) is 0 Å². The topological polar surface area (TPSA) is 48.7 Å². The van der Waals surface area contributed by atoms with Crippen LogP contribution in [0.15, 0.2) is 52.1 Å². The van der Waals surface area contributed by atoms with Crippen LogP contribution < -0.4 is 0 Å². The number of hydrogen-bond acceptors (Lipinski definition) is 5. The molecule has 4 rings (SSSR count). The normalized spacial score (nSPS) is 26.3. The van der Waals surface area contributed by atoms with Gasteiger partial charge in [0.1, 0.15) is 11.8 Å². The zero-order valence-electron chi connectivity index (χ0n) is 12.6. The van der Waals surface area contributed by atoms with Gasteiger partial charge in [-0.05, 0) is 45.8 Å². The summed E-state index contributed by atoms with van der Waals surface area (Å²) in [6.07, 6.45) is 1.82. The van der Waals surface area contributed by atoms with E-state index >= 15 is 0 Å². The number of aromatic hydroxyl groups is 1. The summed E-state index contributed by atoms with van der Waals surface area (Å²) in [5.41, 5.74) is 2.12. The van der Waals surface area contributed by atoms with Crippen molar-refractivity contribution in [2.24, 2.45) is 4.99 Å². The molecule has 0 bridgehead atoms. The molecule has 1 N–H and O–H groups in total. The maximum atomic E-state index is 9.79. The van der Waals surface area contributed by atoms with Crippen molar-refractivity contribution in [2.75, 3.05) is 6.54 Å². The van der Waals surface area contributed by atoms with Gasteiger partial charge in [0.15, 0.2) is 5.17 Å². The molecule has 4 nitrogen and oxygen atoms in total. The van der Waals surface area contributed by atoms with Crippen molar-refractivity contribution in [1.82, 2.24) is 9.88 Å². The molecule has 0 radical (unpaired) electrons. The lowest BCUT2D eigenvalue weighted by atomic mass is 9.96. The number of rotatable bonds is 2. The van der Waals surface area contributed by atoms with Crippen LogP contribution in [0.25, 0.3) is 0 Å². The minimum Gasteiger partial charge on any atom is -0.507 e. The molecule has 3 atom stereocenters. The number of benzene rings is 1. The fourth-order valence-corrected chi connectivity index (χ4v) is 4.67. The maximum Gasteiger partial charge on any atom is 0.160 e. The van der Waals surface area contributed by atoms with E-state index in [1.807, 2.05) is 48.3 Å². The van der Waals surface area contributed by atoms with E-state index in [-0.39, 0.29) is 17.8 Å². The summed E-state index contributed by atoms with van der Waals surface area (Å²) >= 11 is 5.25. The number of nitrogens with zero attached hydrogens (tertiary/aromatic N) is 3. The lowest BCUT2D eigenvalue weighted by molar-refractivity contribution is 0.321. The molecule has 1 saturated heterocycles. The third-order valence-electron chi connectivity index (χ3n) is 4.19. The molecular formula is C17H16BrN3OS. The van der Waals surface area contributed by atoms with Crippen LogP contribution in [0, 0.1) is 0 Å². The van der Waals surface area contributed by atoms with Crippen molar-refractivity contribution in [3.63, 3.8) is 0 Å². The zero-order chi connectivity index (χ0) is 16.0. The lowest BCUT2D eigenvalue weighted by Gasteiger charge is -2.27. The van der Waals surface area contributed by atoms with Crippen molar-refractivity contribution in [3.8, 4) is 5.75 Å². The Labute approximate surface area is 147 Å². The van der Waals surface area contributed by atoms with Crippen LogP contribution in [0.4, 0.5) is 0 Å². The summed E-state index contributed by atoms with van der Waals surface area (Å²) in [7, 11) is 0. The number of fused-ring (bicyclic) bond motifs is 1. The van der Waals surface area contributed by atoms with Gasteiger partial charge in [0.05, 0.1) is 16.2 Å². The molecule has 0 saturated carbocycles. The predicted molar refractivity (Wildman–Crippen MR) is 96.7 cm³/mol. The predicted octanol–water partition coefficient (Wildman–Crippen LogP) is 4.14. The first-order valence-electron chi connectivity index (χ1n) is 7.54. The van der Waals surface area contributed by atoms with Gasteiger partial charge < -0.3 is 10.0 Å². The molecule has 2 aliphatic rings. The van der Waals surface area contributed by atoms with E-state index in [1.54, 1.807) is 6.07 Å². The molecule has 23 heavy (non-hydrogen) atoms. The Morgan fingerprint density at radius 3 is 2.91 bits per heavy atom. The van der Waals surface area contributed by atoms with E-state index in [9.17, 15) is 5.11 Å². The van der Waals surface area contributed by atoms with Crippen LogP contribution in [-0.4, -0.2) is 32.0 Å². The van der Waals surface area contributed by atoms with Crippen LogP contribution in [-0.2, 0) is 0 Å². The Hall–Kier alpha value is -1.53. The fourth-order valence-electron chi connectivity index (χ4n) is 3.19. The zero-order valence-corrected chi connectivity index (χ0v) is 15.0. The number of phenols is 1. The average Bonchev–Trinajstić information content (AvgIpc) is 3.07. The maximum absolute atomic E-state index is 9.79. The van der Waals surface area contributed by atoms with E-state index < -0.39 is 0 Å². The Morgan fingerprint density at radius 2 is 2.17 bits per heavy atom. The number of aromatic nitrogens is 1. The van der Waals surface area contributed by atoms with E-state index in [0.717, 1.165) is 23.0 Å². The third kappa shape index (κ3) is 2.64. The number of thioether (sulfide) groups is 1. The largest absolute Gasteiger partial charge is 0.507 e. The van der Waals surface area contributed by atoms with Gasteiger partial charge in [0, 0.05) is 18.0 Å². The molecule has 1 aromatic heterocycles. The molecule has 2 aliphatic heterocycles. The molecule has 3 heterocycles. The highest BCUT2D eigenvalue weighted by Gasteiger charge is 2.43. The van der Waals surface area contributed by atoms with Gasteiger partial charge in [-0.2, -0.15) is 0 Å². The first kappa shape index (κ1) is 15.0. The van der Waals surface area contributed by atoms with Crippen molar-refractivity contribution in [3.05, 3.63) is 58.3 Å². The van der Waals surface area contributed by atoms with E-state index in [1.165, 1.54) is 0 Å². The molecule has 1 aromatic carbocycles. The number of amidine groups is 1. The highest BCUT2D eigenvalue weighted by atomic mass is 79.9. The fraction of sp³-hybridized carbons (Fsp3) is 0.294. The molecule has 0 amide bonds. The number of pyridine rings is 1. The summed E-state index contributed by atoms with van der Waals surface area (Å²) in [6.45, 7) is 3.21. The van der Waals surface area contributed by atoms with Gasteiger partial charge in [-0.3, -0.25) is 9.98 Å². The second kappa shape index (κ2) is 5.83. The molecule has 1 fully saturated rings. The second-order valence-corrected chi connectivity index (χ2v) is 8.11. The van der Waals surface area contributed by atoms with Gasteiger partial charge in [0.25, 0.3) is 0 Å². The third-order valence-corrected chi connectivity index (χ3v) is 5.93. The standard InChI is InChI=1S/C17H16BrN3OS/c1-10-9-21-16(11-5-6-14(22)12(18)8-11)15(20-17(21)23-10)13-4-2-3-7-19-13/h2-8,10,15-16,22H,9H2,1H3.